The average molecular weight is 416 g/mol. The Labute approximate surface area is 174 Å². The van der Waals surface area contributed by atoms with Gasteiger partial charge in [-0.3, -0.25) is 9.69 Å². The lowest BCUT2D eigenvalue weighted by Crippen LogP contribution is -2.43. The van der Waals surface area contributed by atoms with Gasteiger partial charge in [0, 0.05) is 19.5 Å². The molecule has 4 rings (SSSR count). The second kappa shape index (κ2) is 8.94. The molecule has 0 N–H and O–H groups in total. The Hall–Kier alpha value is -2.42. The van der Waals surface area contributed by atoms with Crippen molar-refractivity contribution in [3.8, 4) is 11.5 Å². The molecular weight excluding hydrogens is 390 g/mol. The van der Waals surface area contributed by atoms with Gasteiger partial charge in [-0.25, -0.2) is 5.01 Å². The summed E-state index contributed by atoms with van der Waals surface area (Å²) in [6.07, 6.45) is 0.617. The van der Waals surface area contributed by atoms with E-state index < -0.39 is 0 Å². The summed E-state index contributed by atoms with van der Waals surface area (Å²) in [7, 11) is 3.27. The fourth-order valence-electron chi connectivity index (χ4n) is 3.79. The first-order chi connectivity index (χ1) is 14.2. The number of morpholine rings is 1. The van der Waals surface area contributed by atoms with Gasteiger partial charge in [0.2, 0.25) is 0 Å². The molecule has 7 nitrogen and oxygen atoms in total. The molecule has 1 amide bonds. The molecule has 8 heteroatoms. The molecule has 0 spiro atoms. The fraction of sp³-hybridized carbons (Fsp3) is 0.429. The third-order valence-corrected chi connectivity index (χ3v) is 6.15. The number of nitrogens with zero attached hydrogens (tertiary/aromatic N) is 3. The van der Waals surface area contributed by atoms with Crippen LogP contribution >= 0.6 is 11.3 Å². The first-order valence-electron chi connectivity index (χ1n) is 9.65. The third kappa shape index (κ3) is 4.14. The number of methoxy groups -OCH3 is 2. The molecule has 1 atom stereocenters. The van der Waals surface area contributed by atoms with E-state index in [0.29, 0.717) is 37.7 Å². The van der Waals surface area contributed by atoms with Gasteiger partial charge in [0.05, 0.1) is 56.2 Å². The van der Waals surface area contributed by atoms with Crippen molar-refractivity contribution in [2.75, 3.05) is 47.1 Å². The topological polar surface area (TPSA) is 63.6 Å². The Morgan fingerprint density at radius 3 is 2.52 bits per heavy atom. The number of rotatable bonds is 6. The van der Waals surface area contributed by atoms with E-state index in [9.17, 15) is 4.79 Å². The highest BCUT2D eigenvalue weighted by Crippen LogP contribution is 2.42. The van der Waals surface area contributed by atoms with E-state index in [1.807, 2.05) is 35.7 Å². The number of benzene rings is 1. The van der Waals surface area contributed by atoms with E-state index in [1.165, 1.54) is 0 Å². The van der Waals surface area contributed by atoms with E-state index in [2.05, 4.69) is 4.90 Å². The van der Waals surface area contributed by atoms with Crippen molar-refractivity contribution in [1.29, 1.82) is 0 Å². The Morgan fingerprint density at radius 2 is 1.90 bits per heavy atom. The maximum Gasteiger partial charge on any atom is 0.257 e. The zero-order valence-corrected chi connectivity index (χ0v) is 17.5. The lowest BCUT2D eigenvalue weighted by molar-refractivity contribution is -0.135. The summed E-state index contributed by atoms with van der Waals surface area (Å²) < 4.78 is 16.6. The quantitative estimate of drug-likeness (QED) is 0.726. The maximum absolute atomic E-state index is 13.3. The van der Waals surface area contributed by atoms with Gasteiger partial charge < -0.3 is 14.2 Å². The van der Waals surface area contributed by atoms with Crippen molar-refractivity contribution in [3.05, 3.63) is 46.2 Å². The van der Waals surface area contributed by atoms with Crippen LogP contribution in [0.2, 0.25) is 0 Å². The lowest BCUT2D eigenvalue weighted by Gasteiger charge is -2.29. The molecule has 2 aromatic rings. The molecule has 0 radical (unpaired) electrons. The van der Waals surface area contributed by atoms with Gasteiger partial charge in [-0.1, -0.05) is 12.1 Å². The number of amides is 1. The zero-order valence-electron chi connectivity index (χ0n) is 16.7. The minimum Gasteiger partial charge on any atom is -0.496 e. The summed E-state index contributed by atoms with van der Waals surface area (Å²) in [6.45, 7) is 3.13. The molecule has 0 bridgehead atoms. The third-order valence-electron chi connectivity index (χ3n) is 5.23. The zero-order chi connectivity index (χ0) is 20.2. The van der Waals surface area contributed by atoms with Gasteiger partial charge in [0.15, 0.2) is 0 Å². The van der Waals surface area contributed by atoms with Crippen LogP contribution in [0.15, 0.2) is 40.8 Å². The molecule has 29 heavy (non-hydrogen) atoms. The first-order valence-corrected chi connectivity index (χ1v) is 10.5. The molecule has 1 unspecified atom stereocenters. The molecule has 1 aromatic carbocycles. The predicted molar refractivity (Wildman–Crippen MR) is 112 cm³/mol. The van der Waals surface area contributed by atoms with Crippen molar-refractivity contribution in [2.24, 2.45) is 5.10 Å². The number of carbonyl (C=O) groups is 1. The summed E-state index contributed by atoms with van der Waals surface area (Å²) in [5.41, 5.74) is 1.76. The van der Waals surface area contributed by atoms with Gasteiger partial charge in [0.25, 0.3) is 5.91 Å². The first kappa shape index (κ1) is 19.9. The highest BCUT2D eigenvalue weighted by atomic mass is 32.1. The van der Waals surface area contributed by atoms with Crippen LogP contribution in [0.3, 0.4) is 0 Å². The Balaban J connectivity index is 1.67. The molecule has 0 aliphatic carbocycles. The van der Waals surface area contributed by atoms with Gasteiger partial charge in [0.1, 0.15) is 11.5 Å². The molecule has 1 aromatic heterocycles. The van der Waals surface area contributed by atoms with E-state index >= 15 is 0 Å². The molecule has 2 aliphatic heterocycles. The van der Waals surface area contributed by atoms with Crippen molar-refractivity contribution in [3.63, 3.8) is 0 Å². The Kier molecular flexibility index (Phi) is 6.13. The monoisotopic (exact) mass is 415 g/mol. The van der Waals surface area contributed by atoms with Crippen LogP contribution in [0.25, 0.3) is 0 Å². The van der Waals surface area contributed by atoms with E-state index in [4.69, 9.17) is 19.3 Å². The van der Waals surface area contributed by atoms with E-state index in [0.717, 1.165) is 29.2 Å². The van der Waals surface area contributed by atoms with Gasteiger partial charge >= 0.3 is 0 Å². The SMILES string of the molecule is COc1cccc(OC)c1C1CC(c2cccs2)=NN1C(=O)CN1CCOCC1. The van der Waals surface area contributed by atoms with E-state index in [-0.39, 0.29) is 11.9 Å². The summed E-state index contributed by atoms with van der Waals surface area (Å²) in [4.78, 5) is 16.5. The summed E-state index contributed by atoms with van der Waals surface area (Å²) in [5.74, 6) is 1.36. The van der Waals surface area contributed by atoms with Crippen LogP contribution in [0.5, 0.6) is 11.5 Å². The minimum absolute atomic E-state index is 0.0311. The number of thiophene rings is 1. The fourth-order valence-corrected chi connectivity index (χ4v) is 4.51. The van der Waals surface area contributed by atoms with Crippen molar-refractivity contribution in [1.82, 2.24) is 9.91 Å². The maximum atomic E-state index is 13.3. The second-order valence-corrected chi connectivity index (χ2v) is 7.89. The molecule has 3 heterocycles. The smallest absolute Gasteiger partial charge is 0.257 e. The van der Waals surface area contributed by atoms with Crippen LogP contribution < -0.4 is 9.47 Å². The van der Waals surface area contributed by atoms with Crippen molar-refractivity contribution >= 4 is 23.0 Å². The normalized spacial score (nSPS) is 19.9. The average Bonchev–Trinajstić information content (AvgIpc) is 3.43. The van der Waals surface area contributed by atoms with Crippen LogP contribution in [0.4, 0.5) is 0 Å². The molecule has 1 saturated heterocycles. The standard InChI is InChI=1S/C21H25N3O4S/c1-26-17-5-3-6-18(27-2)21(17)16-13-15(19-7-4-12-29-19)22-24(16)20(25)14-23-8-10-28-11-9-23/h3-7,12,16H,8-11,13-14H2,1-2H3. The summed E-state index contributed by atoms with van der Waals surface area (Å²) in [5, 5.41) is 8.38. The molecule has 2 aliphatic rings. The molecule has 1 fully saturated rings. The van der Waals surface area contributed by atoms with Crippen molar-refractivity contribution < 1.29 is 19.0 Å². The molecular formula is C21H25N3O4S. The van der Waals surface area contributed by atoms with Gasteiger partial charge in [-0.2, -0.15) is 5.10 Å². The Morgan fingerprint density at radius 1 is 1.17 bits per heavy atom. The van der Waals surface area contributed by atoms with Gasteiger partial charge in [-0.15, -0.1) is 11.3 Å². The number of hydrazone groups is 1. The van der Waals surface area contributed by atoms with Crippen molar-refractivity contribution in [2.45, 2.75) is 12.5 Å². The van der Waals surface area contributed by atoms with E-state index in [1.54, 1.807) is 30.6 Å². The Bertz CT molecular complexity index is 856. The lowest BCUT2D eigenvalue weighted by atomic mass is 9.99. The number of ether oxygens (including phenoxy) is 3. The van der Waals surface area contributed by atoms with Crippen LogP contribution in [-0.4, -0.2) is 68.6 Å². The number of hydrogen-bond donors (Lipinski definition) is 0. The minimum atomic E-state index is -0.272. The molecule has 154 valence electrons. The predicted octanol–water partition coefficient (Wildman–Crippen LogP) is 2.78. The van der Waals surface area contributed by atoms with Crippen LogP contribution in [0, 0.1) is 0 Å². The highest BCUT2D eigenvalue weighted by molar-refractivity contribution is 7.12. The van der Waals surface area contributed by atoms with Gasteiger partial charge in [-0.05, 0) is 23.6 Å². The van der Waals surface area contributed by atoms with Crippen LogP contribution in [-0.2, 0) is 9.53 Å². The summed E-state index contributed by atoms with van der Waals surface area (Å²) >= 11 is 1.63. The summed E-state index contributed by atoms with van der Waals surface area (Å²) in [6, 6.07) is 9.44. The molecule has 0 saturated carbocycles. The van der Waals surface area contributed by atoms with Crippen LogP contribution in [0.1, 0.15) is 22.9 Å². The number of hydrogen-bond acceptors (Lipinski definition) is 7. The largest absolute Gasteiger partial charge is 0.496 e. The second-order valence-electron chi connectivity index (χ2n) is 6.95. The number of carbonyl (C=O) groups excluding carboxylic acids is 1. The highest BCUT2D eigenvalue weighted by Gasteiger charge is 2.37.